The molecule has 0 aliphatic carbocycles. The summed E-state index contributed by atoms with van der Waals surface area (Å²) in [5.41, 5.74) is 6.75. The molecule has 1 heterocycles. The first-order valence-electron chi connectivity index (χ1n) is 5.43. The first kappa shape index (κ1) is 13.2. The van der Waals surface area contributed by atoms with Crippen molar-refractivity contribution in [1.29, 1.82) is 0 Å². The number of benzene rings is 1. The van der Waals surface area contributed by atoms with Crippen molar-refractivity contribution in [3.63, 3.8) is 0 Å². The van der Waals surface area contributed by atoms with Crippen LogP contribution in [-0.2, 0) is 0 Å². The molecule has 7 nitrogen and oxygen atoms in total. The molecule has 0 saturated heterocycles. The van der Waals surface area contributed by atoms with E-state index in [2.05, 4.69) is 20.5 Å². The minimum Gasteiger partial charge on any atom is -0.376 e. The number of rotatable bonds is 3. The van der Waals surface area contributed by atoms with E-state index < -0.39 is 5.91 Å². The number of carbonyl (C=O) groups excluding carboxylic acids is 1. The van der Waals surface area contributed by atoms with Crippen molar-refractivity contribution in [3.05, 3.63) is 29.0 Å². The Balaban J connectivity index is 2.27. The quantitative estimate of drug-likeness (QED) is 0.788. The SMILES string of the molecule is CN(C)c1ccc(Cl)cc1NC(=O)c1nc(N)n[nH]1. The van der Waals surface area contributed by atoms with Gasteiger partial charge in [-0.3, -0.25) is 9.89 Å². The number of H-pyrrole nitrogens is 1. The summed E-state index contributed by atoms with van der Waals surface area (Å²) in [6.07, 6.45) is 0. The van der Waals surface area contributed by atoms with Crippen LogP contribution in [0.15, 0.2) is 18.2 Å². The fraction of sp³-hybridized carbons (Fsp3) is 0.182. The molecule has 0 aliphatic heterocycles. The number of nitrogens with two attached hydrogens (primary N) is 1. The lowest BCUT2D eigenvalue weighted by Gasteiger charge is -2.17. The van der Waals surface area contributed by atoms with E-state index in [9.17, 15) is 4.79 Å². The molecule has 0 unspecified atom stereocenters. The number of aromatic amines is 1. The van der Waals surface area contributed by atoms with Gasteiger partial charge in [-0.05, 0) is 18.2 Å². The van der Waals surface area contributed by atoms with Gasteiger partial charge in [0.15, 0.2) is 0 Å². The highest BCUT2D eigenvalue weighted by atomic mass is 35.5. The number of halogens is 1. The third-order valence-corrected chi connectivity index (χ3v) is 2.64. The lowest BCUT2D eigenvalue weighted by Crippen LogP contribution is -2.17. The van der Waals surface area contributed by atoms with Crippen LogP contribution in [0.5, 0.6) is 0 Å². The van der Waals surface area contributed by atoms with E-state index in [1.807, 2.05) is 25.1 Å². The summed E-state index contributed by atoms with van der Waals surface area (Å²) in [6, 6.07) is 5.22. The molecule has 1 amide bonds. The lowest BCUT2D eigenvalue weighted by atomic mass is 10.2. The van der Waals surface area contributed by atoms with Gasteiger partial charge in [0.1, 0.15) is 0 Å². The average molecular weight is 281 g/mol. The van der Waals surface area contributed by atoms with E-state index in [0.717, 1.165) is 5.69 Å². The van der Waals surface area contributed by atoms with Crippen molar-refractivity contribution in [2.24, 2.45) is 0 Å². The second kappa shape index (κ2) is 5.15. The van der Waals surface area contributed by atoms with Crippen LogP contribution in [0.4, 0.5) is 17.3 Å². The minimum atomic E-state index is -0.436. The molecule has 2 aromatic rings. The summed E-state index contributed by atoms with van der Waals surface area (Å²) in [4.78, 5) is 17.6. The maximum atomic E-state index is 12.0. The van der Waals surface area contributed by atoms with E-state index in [0.29, 0.717) is 10.7 Å². The highest BCUT2D eigenvalue weighted by Crippen LogP contribution is 2.28. The molecule has 8 heteroatoms. The predicted molar refractivity (Wildman–Crippen MR) is 74.5 cm³/mol. The zero-order chi connectivity index (χ0) is 14.0. The Morgan fingerprint density at radius 2 is 2.21 bits per heavy atom. The third kappa shape index (κ3) is 2.94. The van der Waals surface area contributed by atoms with Gasteiger partial charge in [-0.25, -0.2) is 0 Å². The van der Waals surface area contributed by atoms with Crippen molar-refractivity contribution in [2.45, 2.75) is 0 Å². The van der Waals surface area contributed by atoms with Gasteiger partial charge >= 0.3 is 0 Å². The molecule has 4 N–H and O–H groups in total. The Morgan fingerprint density at radius 1 is 1.47 bits per heavy atom. The molecule has 0 atom stereocenters. The molecule has 1 aromatic heterocycles. The molecule has 19 heavy (non-hydrogen) atoms. The topological polar surface area (TPSA) is 99.9 Å². The molecule has 100 valence electrons. The lowest BCUT2D eigenvalue weighted by molar-refractivity contribution is 0.101. The van der Waals surface area contributed by atoms with Gasteiger partial charge in [0.25, 0.3) is 5.91 Å². The van der Waals surface area contributed by atoms with Crippen LogP contribution in [0.25, 0.3) is 0 Å². The summed E-state index contributed by atoms with van der Waals surface area (Å²) >= 11 is 5.93. The number of amides is 1. The number of carbonyl (C=O) groups is 1. The minimum absolute atomic E-state index is 0.0177. The Bertz CT molecular complexity index is 609. The molecule has 0 bridgehead atoms. The van der Waals surface area contributed by atoms with Gasteiger partial charge in [-0.15, -0.1) is 5.10 Å². The zero-order valence-corrected chi connectivity index (χ0v) is 11.2. The predicted octanol–water partition coefficient (Wildman–Crippen LogP) is 1.36. The van der Waals surface area contributed by atoms with Gasteiger partial charge in [0.2, 0.25) is 11.8 Å². The molecule has 0 fully saturated rings. The van der Waals surface area contributed by atoms with Gasteiger partial charge in [-0.2, -0.15) is 4.98 Å². The van der Waals surface area contributed by atoms with E-state index in [-0.39, 0.29) is 11.8 Å². The van der Waals surface area contributed by atoms with Gasteiger partial charge < -0.3 is 16.0 Å². The number of anilines is 3. The standard InChI is InChI=1S/C11H13ClN6O/c1-18(2)8-4-3-6(12)5-7(8)14-10(19)9-15-11(13)17-16-9/h3-5H,1-2H3,(H,14,19)(H3,13,15,16,17). The first-order chi connectivity index (χ1) is 8.97. The normalized spacial score (nSPS) is 10.3. The summed E-state index contributed by atoms with van der Waals surface area (Å²) in [7, 11) is 3.73. The van der Waals surface area contributed by atoms with Crippen molar-refractivity contribution in [3.8, 4) is 0 Å². The first-order valence-corrected chi connectivity index (χ1v) is 5.81. The van der Waals surface area contributed by atoms with Crippen LogP contribution in [0.2, 0.25) is 5.02 Å². The zero-order valence-electron chi connectivity index (χ0n) is 10.4. The smallest absolute Gasteiger partial charge is 0.293 e. The summed E-state index contributed by atoms with van der Waals surface area (Å²) in [6.45, 7) is 0. The average Bonchev–Trinajstić information content (AvgIpc) is 2.75. The molecular weight excluding hydrogens is 268 g/mol. The third-order valence-electron chi connectivity index (χ3n) is 2.41. The molecular formula is C11H13ClN6O. The fourth-order valence-electron chi connectivity index (χ4n) is 1.56. The number of hydrogen-bond acceptors (Lipinski definition) is 5. The molecule has 0 spiro atoms. The molecule has 2 rings (SSSR count). The molecule has 0 saturated carbocycles. The number of nitrogens with one attached hydrogen (secondary N) is 2. The molecule has 0 aliphatic rings. The summed E-state index contributed by atoms with van der Waals surface area (Å²) in [5.74, 6) is -0.374. The van der Waals surface area contributed by atoms with Crippen molar-refractivity contribution < 1.29 is 4.79 Å². The monoisotopic (exact) mass is 280 g/mol. The highest BCUT2D eigenvalue weighted by Gasteiger charge is 2.14. The van der Waals surface area contributed by atoms with Crippen molar-refractivity contribution >= 4 is 34.8 Å². The number of nitrogen functional groups attached to an aromatic ring is 1. The summed E-state index contributed by atoms with van der Waals surface area (Å²) in [5, 5.41) is 9.28. The van der Waals surface area contributed by atoms with Crippen LogP contribution in [-0.4, -0.2) is 35.2 Å². The maximum Gasteiger partial charge on any atom is 0.293 e. The van der Waals surface area contributed by atoms with Gasteiger partial charge in [0.05, 0.1) is 11.4 Å². The van der Waals surface area contributed by atoms with E-state index >= 15 is 0 Å². The molecule has 1 aromatic carbocycles. The Kier molecular flexibility index (Phi) is 3.57. The van der Waals surface area contributed by atoms with Gasteiger partial charge in [0, 0.05) is 19.1 Å². The highest BCUT2D eigenvalue weighted by molar-refractivity contribution is 6.31. The largest absolute Gasteiger partial charge is 0.376 e. The number of nitrogens with zero attached hydrogens (tertiary/aromatic N) is 3. The maximum absolute atomic E-state index is 12.0. The van der Waals surface area contributed by atoms with Crippen LogP contribution in [0, 0.1) is 0 Å². The van der Waals surface area contributed by atoms with E-state index in [1.54, 1.807) is 12.1 Å². The fourth-order valence-corrected chi connectivity index (χ4v) is 1.73. The van der Waals surface area contributed by atoms with Crippen LogP contribution in [0.1, 0.15) is 10.6 Å². The number of aromatic nitrogens is 3. The van der Waals surface area contributed by atoms with Crippen LogP contribution < -0.4 is 16.0 Å². The summed E-state index contributed by atoms with van der Waals surface area (Å²) < 4.78 is 0. The van der Waals surface area contributed by atoms with Crippen molar-refractivity contribution in [1.82, 2.24) is 15.2 Å². The molecule has 0 radical (unpaired) electrons. The Labute approximate surface area is 114 Å². The van der Waals surface area contributed by atoms with E-state index in [4.69, 9.17) is 17.3 Å². The van der Waals surface area contributed by atoms with E-state index in [1.165, 1.54) is 0 Å². The second-order valence-corrected chi connectivity index (χ2v) is 4.49. The van der Waals surface area contributed by atoms with Crippen LogP contribution in [0.3, 0.4) is 0 Å². The van der Waals surface area contributed by atoms with Gasteiger partial charge in [-0.1, -0.05) is 11.6 Å². The number of hydrogen-bond donors (Lipinski definition) is 3. The Morgan fingerprint density at radius 3 is 2.79 bits per heavy atom. The second-order valence-electron chi connectivity index (χ2n) is 4.05. The van der Waals surface area contributed by atoms with Crippen molar-refractivity contribution in [2.75, 3.05) is 30.0 Å². The van der Waals surface area contributed by atoms with Crippen LogP contribution >= 0.6 is 11.6 Å². The Hall–Kier alpha value is -2.28.